The van der Waals surface area contributed by atoms with E-state index in [1.54, 1.807) is 0 Å². The third kappa shape index (κ3) is 2.71. The van der Waals surface area contributed by atoms with Crippen molar-refractivity contribution in [3.63, 3.8) is 0 Å². The van der Waals surface area contributed by atoms with Gasteiger partial charge in [0.05, 0.1) is 5.71 Å². The molecule has 0 aliphatic rings. The lowest BCUT2D eigenvalue weighted by Gasteiger charge is -2.08. The highest BCUT2D eigenvalue weighted by atomic mass is 32.1. The van der Waals surface area contributed by atoms with Crippen molar-refractivity contribution in [2.24, 2.45) is 10.8 Å². The lowest BCUT2D eigenvalue weighted by Crippen LogP contribution is -2.25. The zero-order valence-electron chi connectivity index (χ0n) is 11.6. The van der Waals surface area contributed by atoms with E-state index in [-0.39, 0.29) is 5.11 Å². The molecule has 4 heteroatoms. The summed E-state index contributed by atoms with van der Waals surface area (Å²) >= 11 is 4.78. The van der Waals surface area contributed by atoms with E-state index >= 15 is 0 Å². The highest BCUT2D eigenvalue weighted by Gasteiger charge is 2.05. The predicted molar refractivity (Wildman–Crippen MR) is 93.6 cm³/mol. The third-order valence-corrected chi connectivity index (χ3v) is 3.56. The summed E-state index contributed by atoms with van der Waals surface area (Å²) in [5.41, 5.74) is 9.98. The second kappa shape index (κ2) is 5.50. The first-order chi connectivity index (χ1) is 10.1. The standard InChI is InChI=1S/C17H15N3S/c1-11(19-20-17(18)21)15-8-4-7-14-9-12-5-2-3-6-13(12)10-16(14)15/h2-10H,1H3,(H3,18,20,21)/b19-11+. The molecule has 0 amide bonds. The van der Waals surface area contributed by atoms with Crippen LogP contribution in [-0.4, -0.2) is 10.8 Å². The van der Waals surface area contributed by atoms with Crippen molar-refractivity contribution < 1.29 is 0 Å². The molecule has 3 aromatic rings. The van der Waals surface area contributed by atoms with Gasteiger partial charge in [-0.15, -0.1) is 0 Å². The van der Waals surface area contributed by atoms with Gasteiger partial charge in [-0.05, 0) is 52.8 Å². The van der Waals surface area contributed by atoms with Crippen molar-refractivity contribution in [2.75, 3.05) is 0 Å². The van der Waals surface area contributed by atoms with Gasteiger partial charge in [0.1, 0.15) is 0 Å². The molecule has 3 rings (SSSR count). The van der Waals surface area contributed by atoms with Crippen LogP contribution < -0.4 is 11.2 Å². The maximum Gasteiger partial charge on any atom is 0.184 e. The van der Waals surface area contributed by atoms with Crippen LogP contribution in [0.15, 0.2) is 59.7 Å². The lowest BCUT2D eigenvalue weighted by molar-refractivity contribution is 1.03. The van der Waals surface area contributed by atoms with Crippen molar-refractivity contribution >= 4 is 44.6 Å². The number of nitrogens with two attached hydrogens (primary N) is 1. The number of thiocarbonyl (C=S) groups is 1. The van der Waals surface area contributed by atoms with Gasteiger partial charge in [-0.25, -0.2) is 0 Å². The molecule has 0 fully saturated rings. The second-order valence-corrected chi connectivity index (χ2v) is 5.34. The number of rotatable bonds is 2. The van der Waals surface area contributed by atoms with Crippen molar-refractivity contribution in [1.82, 2.24) is 5.43 Å². The van der Waals surface area contributed by atoms with E-state index in [4.69, 9.17) is 18.0 Å². The smallest absolute Gasteiger partial charge is 0.184 e. The van der Waals surface area contributed by atoms with Crippen molar-refractivity contribution in [3.05, 3.63) is 60.2 Å². The zero-order chi connectivity index (χ0) is 14.8. The maximum absolute atomic E-state index is 5.42. The Balaban J connectivity index is 2.21. The summed E-state index contributed by atoms with van der Waals surface area (Å²) in [6.45, 7) is 1.94. The third-order valence-electron chi connectivity index (χ3n) is 3.47. The highest BCUT2D eigenvalue weighted by molar-refractivity contribution is 7.80. The van der Waals surface area contributed by atoms with Crippen molar-refractivity contribution in [2.45, 2.75) is 6.92 Å². The van der Waals surface area contributed by atoms with Crippen molar-refractivity contribution in [3.8, 4) is 0 Å². The molecule has 0 spiro atoms. The number of hydrogen-bond donors (Lipinski definition) is 2. The van der Waals surface area contributed by atoms with Crippen LogP contribution in [0.25, 0.3) is 21.5 Å². The molecule has 0 saturated heterocycles. The van der Waals surface area contributed by atoms with E-state index in [0.29, 0.717) is 0 Å². The molecular formula is C17H15N3S. The number of benzene rings is 3. The van der Waals surface area contributed by atoms with Crippen LogP contribution in [0, 0.1) is 0 Å². The minimum absolute atomic E-state index is 0.167. The molecule has 0 aliphatic carbocycles. The fourth-order valence-corrected chi connectivity index (χ4v) is 2.53. The molecule has 3 aromatic carbocycles. The summed E-state index contributed by atoms with van der Waals surface area (Å²) < 4.78 is 0. The first-order valence-corrected chi connectivity index (χ1v) is 7.07. The minimum atomic E-state index is 0.167. The molecule has 0 unspecified atom stereocenters. The van der Waals surface area contributed by atoms with Crippen LogP contribution in [0.4, 0.5) is 0 Å². The van der Waals surface area contributed by atoms with Crippen LogP contribution in [0.5, 0.6) is 0 Å². The zero-order valence-corrected chi connectivity index (χ0v) is 12.4. The van der Waals surface area contributed by atoms with Gasteiger partial charge >= 0.3 is 0 Å². The largest absolute Gasteiger partial charge is 0.375 e. The Morgan fingerprint density at radius 3 is 2.38 bits per heavy atom. The maximum atomic E-state index is 5.42. The van der Waals surface area contributed by atoms with Crippen LogP contribution in [0.2, 0.25) is 0 Å². The van der Waals surface area contributed by atoms with E-state index < -0.39 is 0 Å². The van der Waals surface area contributed by atoms with Gasteiger partial charge in [-0.2, -0.15) is 5.10 Å². The summed E-state index contributed by atoms with van der Waals surface area (Å²) in [6.07, 6.45) is 0. The molecule has 3 N–H and O–H groups in total. The van der Waals surface area contributed by atoms with Gasteiger partial charge in [0, 0.05) is 5.56 Å². The Morgan fingerprint density at radius 2 is 1.67 bits per heavy atom. The van der Waals surface area contributed by atoms with E-state index in [1.165, 1.54) is 21.5 Å². The highest BCUT2D eigenvalue weighted by Crippen LogP contribution is 2.25. The average molecular weight is 293 g/mol. The van der Waals surface area contributed by atoms with Crippen LogP contribution in [0.1, 0.15) is 12.5 Å². The summed E-state index contributed by atoms with van der Waals surface area (Å²) in [4.78, 5) is 0. The molecule has 3 nitrogen and oxygen atoms in total. The van der Waals surface area contributed by atoms with E-state index in [9.17, 15) is 0 Å². The van der Waals surface area contributed by atoms with Crippen molar-refractivity contribution in [1.29, 1.82) is 0 Å². The van der Waals surface area contributed by atoms with Crippen LogP contribution in [-0.2, 0) is 0 Å². The lowest BCUT2D eigenvalue weighted by atomic mass is 9.98. The molecule has 0 heterocycles. The summed E-state index contributed by atoms with van der Waals surface area (Å²) in [5, 5.41) is 9.20. The summed E-state index contributed by atoms with van der Waals surface area (Å²) in [5.74, 6) is 0. The van der Waals surface area contributed by atoms with Gasteiger partial charge in [0.25, 0.3) is 0 Å². The number of fused-ring (bicyclic) bond motifs is 2. The van der Waals surface area contributed by atoms with E-state index in [1.807, 2.05) is 19.1 Å². The van der Waals surface area contributed by atoms with Gasteiger partial charge in [0.2, 0.25) is 0 Å². The fourth-order valence-electron chi connectivity index (χ4n) is 2.48. The molecule has 0 radical (unpaired) electrons. The molecule has 0 aromatic heterocycles. The molecule has 104 valence electrons. The van der Waals surface area contributed by atoms with Gasteiger partial charge in [-0.1, -0.05) is 42.5 Å². The monoisotopic (exact) mass is 293 g/mol. The average Bonchev–Trinajstić information content (AvgIpc) is 2.50. The Kier molecular flexibility index (Phi) is 3.54. The van der Waals surface area contributed by atoms with Crippen LogP contribution in [0.3, 0.4) is 0 Å². The number of nitrogens with zero attached hydrogens (tertiary/aromatic N) is 1. The SMILES string of the molecule is C/C(=N\NC(N)=S)c1cccc2cc3ccccc3cc12. The van der Waals surface area contributed by atoms with Gasteiger partial charge in [0.15, 0.2) is 5.11 Å². The second-order valence-electron chi connectivity index (χ2n) is 4.90. The molecule has 0 aliphatic heterocycles. The molecule has 21 heavy (non-hydrogen) atoms. The first kappa shape index (κ1) is 13.5. The first-order valence-electron chi connectivity index (χ1n) is 6.67. The van der Waals surface area contributed by atoms with Gasteiger partial charge in [-0.3, -0.25) is 5.43 Å². The van der Waals surface area contributed by atoms with Gasteiger partial charge < -0.3 is 5.73 Å². The Bertz CT molecular complexity index is 868. The number of nitrogens with one attached hydrogen (secondary N) is 1. The van der Waals surface area contributed by atoms with E-state index in [0.717, 1.165) is 11.3 Å². The molecule has 0 bridgehead atoms. The number of hydrogen-bond acceptors (Lipinski definition) is 2. The van der Waals surface area contributed by atoms with E-state index in [2.05, 4.69) is 53.0 Å². The van der Waals surface area contributed by atoms with Crippen LogP contribution >= 0.6 is 12.2 Å². The molecular weight excluding hydrogens is 278 g/mol. The molecule has 0 saturated carbocycles. The Morgan fingerprint density at radius 1 is 1.00 bits per heavy atom. The quantitative estimate of drug-likeness (QED) is 0.329. The topological polar surface area (TPSA) is 50.4 Å². The normalized spacial score (nSPS) is 11.8. The summed E-state index contributed by atoms with van der Waals surface area (Å²) in [6, 6.07) is 18.9. The number of hydrazone groups is 1. The predicted octanol–water partition coefficient (Wildman–Crippen LogP) is 3.55. The Labute approximate surface area is 128 Å². The summed E-state index contributed by atoms with van der Waals surface area (Å²) in [7, 11) is 0. The minimum Gasteiger partial charge on any atom is -0.375 e. The Hall–Kier alpha value is -2.46. The fraction of sp³-hybridized carbons (Fsp3) is 0.0588. The molecule has 0 atom stereocenters.